The van der Waals surface area contributed by atoms with Crippen LogP contribution in [0.25, 0.3) is 0 Å². The van der Waals surface area contributed by atoms with Crippen LogP contribution in [0.2, 0.25) is 0 Å². The second kappa shape index (κ2) is 15.3. The van der Waals surface area contributed by atoms with Gasteiger partial charge in [0.25, 0.3) is 0 Å². The molecule has 0 spiro atoms. The minimum Gasteiger partial charge on any atom is -0.249 e. The van der Waals surface area contributed by atoms with E-state index in [1.54, 1.807) is 43.2 Å². The Morgan fingerprint density at radius 1 is 0.514 bits per heavy atom. The first-order chi connectivity index (χ1) is 18.1. The maximum Gasteiger partial charge on any atom is 0.143 e. The highest BCUT2D eigenvalue weighted by Crippen LogP contribution is 2.69. The van der Waals surface area contributed by atoms with Crippen molar-refractivity contribution >= 4 is 86.4 Å². The van der Waals surface area contributed by atoms with Gasteiger partial charge in [-0.1, -0.05) is 81.3 Å². The molecule has 4 heterocycles. The standard InChI is InChI=1S/C25H24N4S8/c1-24(2,19-30-31-20-11-3-7-15-26-20)25(35-32-21-12-4-8-16-27-21,36-33-22-13-5-9-17-28-22)37-34-23-14-6-10-18-29-23/h3-18H,19H2,1-2H3. The van der Waals surface area contributed by atoms with E-state index in [0.29, 0.717) is 0 Å². The van der Waals surface area contributed by atoms with E-state index < -0.39 is 0 Å². The van der Waals surface area contributed by atoms with E-state index in [4.69, 9.17) is 0 Å². The summed E-state index contributed by atoms with van der Waals surface area (Å²) in [5.74, 6) is 0.926. The zero-order valence-electron chi connectivity index (χ0n) is 20.0. The maximum atomic E-state index is 4.57. The SMILES string of the molecule is CC(C)(CSSc1ccccn1)C(SSc1ccccn1)(SSc1ccccn1)SSc1ccccn1. The van der Waals surface area contributed by atoms with Crippen molar-refractivity contribution in [2.45, 2.75) is 37.4 Å². The van der Waals surface area contributed by atoms with Gasteiger partial charge in [0, 0.05) is 36.0 Å². The first kappa shape index (κ1) is 29.4. The van der Waals surface area contributed by atoms with Gasteiger partial charge in [-0.05, 0) is 91.7 Å². The van der Waals surface area contributed by atoms with Crippen LogP contribution in [0.5, 0.6) is 0 Å². The topological polar surface area (TPSA) is 51.6 Å². The van der Waals surface area contributed by atoms with Gasteiger partial charge in [0.05, 0.1) is 0 Å². The highest BCUT2D eigenvalue weighted by Gasteiger charge is 2.49. The summed E-state index contributed by atoms with van der Waals surface area (Å²) in [6.07, 6.45) is 7.39. The Hall–Kier alpha value is -0.600. The third-order valence-corrected chi connectivity index (χ3v) is 19.0. The van der Waals surface area contributed by atoms with E-state index >= 15 is 0 Å². The van der Waals surface area contributed by atoms with Crippen molar-refractivity contribution in [3.63, 3.8) is 0 Å². The molecule has 0 radical (unpaired) electrons. The second-order valence-corrected chi connectivity index (χ2v) is 18.1. The summed E-state index contributed by atoms with van der Waals surface area (Å²) in [5.41, 5.74) is -0.106. The maximum absolute atomic E-state index is 4.57. The van der Waals surface area contributed by atoms with Gasteiger partial charge in [0.1, 0.15) is 23.5 Å². The molecule has 4 rings (SSSR count). The molecule has 192 valence electrons. The number of rotatable bonds is 14. The fourth-order valence-corrected chi connectivity index (χ4v) is 17.5. The summed E-state index contributed by atoms with van der Waals surface area (Å²) in [6, 6.07) is 24.2. The van der Waals surface area contributed by atoms with Crippen LogP contribution in [0.15, 0.2) is 118 Å². The Morgan fingerprint density at radius 2 is 0.865 bits per heavy atom. The second-order valence-electron chi connectivity index (χ2n) is 7.96. The Kier molecular flexibility index (Phi) is 12.1. The normalized spacial score (nSPS) is 11.9. The number of nitrogens with zero attached hydrogens (tertiary/aromatic N) is 4. The van der Waals surface area contributed by atoms with Crippen molar-refractivity contribution in [3.05, 3.63) is 97.6 Å². The van der Waals surface area contributed by atoms with E-state index in [1.165, 1.54) is 0 Å². The molecular weight excluding hydrogens is 613 g/mol. The molecule has 0 bridgehead atoms. The molecule has 4 aromatic heterocycles. The molecule has 37 heavy (non-hydrogen) atoms. The number of hydrogen-bond donors (Lipinski definition) is 0. The molecule has 0 fully saturated rings. The average Bonchev–Trinajstić information content (AvgIpc) is 2.95. The monoisotopic (exact) mass is 636 g/mol. The van der Waals surface area contributed by atoms with Crippen LogP contribution in [0.4, 0.5) is 0 Å². The van der Waals surface area contributed by atoms with Crippen molar-refractivity contribution < 1.29 is 0 Å². The summed E-state index contributed by atoms with van der Waals surface area (Å²) in [5, 5.41) is 4.01. The smallest absolute Gasteiger partial charge is 0.143 e. The van der Waals surface area contributed by atoms with Gasteiger partial charge in [-0.2, -0.15) is 0 Å². The fourth-order valence-electron chi connectivity index (χ4n) is 2.58. The van der Waals surface area contributed by atoms with E-state index in [9.17, 15) is 0 Å². The average molecular weight is 637 g/mol. The molecule has 0 aromatic carbocycles. The molecular formula is C25H24N4S8. The minimum absolute atomic E-state index is 0.106. The van der Waals surface area contributed by atoms with Crippen LogP contribution in [0.3, 0.4) is 0 Å². The van der Waals surface area contributed by atoms with Crippen LogP contribution in [-0.4, -0.2) is 29.1 Å². The highest BCUT2D eigenvalue weighted by atomic mass is 33.2. The van der Waals surface area contributed by atoms with E-state index in [2.05, 4.69) is 58.0 Å². The lowest BCUT2D eigenvalue weighted by Crippen LogP contribution is -2.36. The highest BCUT2D eigenvalue weighted by molar-refractivity contribution is 8.94. The number of aromatic nitrogens is 4. The molecule has 0 saturated carbocycles. The molecule has 4 nitrogen and oxygen atoms in total. The summed E-state index contributed by atoms with van der Waals surface area (Å²) >= 11 is 0. The van der Waals surface area contributed by atoms with Crippen LogP contribution in [0.1, 0.15) is 13.8 Å². The van der Waals surface area contributed by atoms with Crippen molar-refractivity contribution in [1.29, 1.82) is 0 Å². The lowest BCUT2D eigenvalue weighted by molar-refractivity contribution is 0.454. The third kappa shape index (κ3) is 9.23. The van der Waals surface area contributed by atoms with Crippen LogP contribution in [0, 0.1) is 5.41 Å². The first-order valence-corrected chi connectivity index (χ1v) is 19.8. The van der Waals surface area contributed by atoms with Gasteiger partial charge in [0.2, 0.25) is 0 Å². The van der Waals surface area contributed by atoms with Gasteiger partial charge >= 0.3 is 0 Å². The molecule has 0 aliphatic rings. The van der Waals surface area contributed by atoms with E-state index in [-0.39, 0.29) is 8.83 Å². The molecule has 0 unspecified atom stereocenters. The zero-order valence-corrected chi connectivity index (χ0v) is 26.5. The summed E-state index contributed by atoms with van der Waals surface area (Å²) < 4.78 is -0.281. The van der Waals surface area contributed by atoms with Gasteiger partial charge in [-0.3, -0.25) is 0 Å². The lowest BCUT2D eigenvalue weighted by Gasteiger charge is -2.43. The number of hydrogen-bond acceptors (Lipinski definition) is 12. The number of pyridine rings is 4. The van der Waals surface area contributed by atoms with Gasteiger partial charge < -0.3 is 0 Å². The molecule has 0 atom stereocenters. The third-order valence-electron chi connectivity index (χ3n) is 4.65. The van der Waals surface area contributed by atoms with Crippen LogP contribution in [-0.2, 0) is 0 Å². The summed E-state index contributed by atoms with van der Waals surface area (Å²) in [7, 11) is 14.3. The van der Waals surface area contributed by atoms with Gasteiger partial charge in [-0.25, -0.2) is 19.9 Å². The van der Waals surface area contributed by atoms with Crippen molar-refractivity contribution in [2.24, 2.45) is 5.41 Å². The molecule has 0 aliphatic carbocycles. The molecule has 0 saturated heterocycles. The van der Waals surface area contributed by atoms with Crippen LogP contribution >= 0.6 is 86.4 Å². The predicted octanol–water partition coefficient (Wildman–Crippen LogP) is 10.0. The summed E-state index contributed by atoms with van der Waals surface area (Å²) in [6.45, 7) is 4.70. The molecule has 0 amide bonds. The molecule has 0 aliphatic heterocycles. The van der Waals surface area contributed by atoms with Crippen LogP contribution < -0.4 is 0 Å². The Morgan fingerprint density at radius 3 is 1.19 bits per heavy atom. The van der Waals surface area contributed by atoms with Gasteiger partial charge in [-0.15, -0.1) is 0 Å². The van der Waals surface area contributed by atoms with E-state index in [0.717, 1.165) is 25.9 Å². The zero-order chi connectivity index (χ0) is 25.8. The Bertz CT molecular complexity index is 1080. The fraction of sp³-hybridized carbons (Fsp3) is 0.200. The molecule has 12 heteroatoms. The summed E-state index contributed by atoms with van der Waals surface area (Å²) in [4.78, 5) is 18.2. The van der Waals surface area contributed by atoms with Crippen molar-refractivity contribution in [3.8, 4) is 0 Å². The minimum atomic E-state index is -0.281. The first-order valence-electron chi connectivity index (χ1n) is 11.1. The van der Waals surface area contributed by atoms with Crippen molar-refractivity contribution in [2.75, 3.05) is 5.75 Å². The largest absolute Gasteiger partial charge is 0.249 e. The molecule has 4 aromatic rings. The predicted molar refractivity (Wildman–Crippen MR) is 172 cm³/mol. The van der Waals surface area contributed by atoms with E-state index in [1.807, 2.05) is 116 Å². The quantitative estimate of drug-likeness (QED) is 0.0977. The lowest BCUT2D eigenvalue weighted by atomic mass is 9.99. The van der Waals surface area contributed by atoms with Gasteiger partial charge in [0.15, 0.2) is 0 Å². The van der Waals surface area contributed by atoms with Crippen molar-refractivity contribution in [1.82, 2.24) is 19.9 Å². The molecule has 0 N–H and O–H groups in total. The Labute approximate surface area is 250 Å². The Balaban J connectivity index is 1.59.